The van der Waals surface area contributed by atoms with Gasteiger partial charge in [0.1, 0.15) is 5.69 Å². The van der Waals surface area contributed by atoms with Gasteiger partial charge in [0.15, 0.2) is 0 Å². The molecule has 0 amide bonds. The zero-order chi connectivity index (χ0) is 11.6. The van der Waals surface area contributed by atoms with E-state index >= 15 is 0 Å². The van der Waals surface area contributed by atoms with Crippen molar-refractivity contribution in [2.75, 3.05) is 0 Å². The Labute approximate surface area is 83.3 Å². The van der Waals surface area contributed by atoms with Gasteiger partial charge in [0.25, 0.3) is 0 Å². The largest absolute Gasteiger partial charge is 0.477 e. The van der Waals surface area contributed by atoms with Crippen LogP contribution in [0.25, 0.3) is 0 Å². The first-order chi connectivity index (χ1) is 6.85. The second kappa shape index (κ2) is 3.89. The molecule has 0 aliphatic heterocycles. The third kappa shape index (κ3) is 2.27. The summed E-state index contributed by atoms with van der Waals surface area (Å²) < 4.78 is 46.0. The maximum absolute atomic E-state index is 12.1. The van der Waals surface area contributed by atoms with Crippen LogP contribution in [0.4, 0.5) is 8.78 Å². The van der Waals surface area contributed by atoms with Gasteiger partial charge in [-0.3, -0.25) is 0 Å². The van der Waals surface area contributed by atoms with Crippen molar-refractivity contribution in [2.45, 2.75) is 10.7 Å². The number of sulfone groups is 1. The maximum Gasteiger partial charge on any atom is 0.354 e. The Morgan fingerprint density at radius 2 is 2.07 bits per heavy atom. The normalized spacial score (nSPS) is 11.7. The molecule has 0 saturated heterocycles. The molecule has 0 spiro atoms. The molecule has 1 rings (SSSR count). The van der Waals surface area contributed by atoms with Crippen molar-refractivity contribution >= 4 is 15.8 Å². The number of carboxylic acids is 1. The van der Waals surface area contributed by atoms with Gasteiger partial charge in [0.05, 0.1) is 4.90 Å². The van der Waals surface area contributed by atoms with Gasteiger partial charge in [-0.05, 0) is 12.1 Å². The quantitative estimate of drug-likeness (QED) is 0.839. The summed E-state index contributed by atoms with van der Waals surface area (Å²) in [4.78, 5) is 12.9. The molecule has 0 atom stereocenters. The van der Waals surface area contributed by atoms with E-state index in [4.69, 9.17) is 5.11 Å². The maximum atomic E-state index is 12.1. The average Bonchev–Trinajstić information content (AvgIpc) is 2.17. The lowest BCUT2D eigenvalue weighted by Crippen LogP contribution is -2.12. The number of carbonyl (C=O) groups is 1. The Bertz CT molecular complexity index is 486. The van der Waals surface area contributed by atoms with Crippen molar-refractivity contribution in [2.24, 2.45) is 0 Å². The molecule has 0 bridgehead atoms. The van der Waals surface area contributed by atoms with Crippen LogP contribution in [0.15, 0.2) is 23.2 Å². The van der Waals surface area contributed by atoms with Crippen LogP contribution in [0, 0.1) is 0 Å². The highest BCUT2D eigenvalue weighted by Crippen LogP contribution is 2.17. The number of aromatic carboxylic acids is 1. The molecule has 0 aromatic carbocycles. The first-order valence-electron chi connectivity index (χ1n) is 3.57. The minimum atomic E-state index is -4.77. The van der Waals surface area contributed by atoms with Crippen molar-refractivity contribution in [1.29, 1.82) is 0 Å². The summed E-state index contributed by atoms with van der Waals surface area (Å²) in [6, 6.07) is 1.40. The van der Waals surface area contributed by atoms with Crippen LogP contribution < -0.4 is 0 Å². The third-order valence-corrected chi connectivity index (χ3v) is 2.89. The molecule has 82 valence electrons. The van der Waals surface area contributed by atoms with Crippen LogP contribution in [0.5, 0.6) is 0 Å². The lowest BCUT2D eigenvalue weighted by molar-refractivity contribution is 0.0690. The highest BCUT2D eigenvalue weighted by atomic mass is 32.2. The molecular weight excluding hydrogens is 232 g/mol. The number of hydrogen-bond acceptors (Lipinski definition) is 4. The van der Waals surface area contributed by atoms with Gasteiger partial charge >= 0.3 is 11.7 Å². The van der Waals surface area contributed by atoms with Crippen LogP contribution in [0.2, 0.25) is 0 Å². The summed E-state index contributed by atoms with van der Waals surface area (Å²) in [5.41, 5.74) is -0.600. The molecule has 0 aliphatic carbocycles. The Morgan fingerprint density at radius 3 is 2.53 bits per heavy atom. The van der Waals surface area contributed by atoms with Gasteiger partial charge in [0, 0.05) is 6.20 Å². The fourth-order valence-electron chi connectivity index (χ4n) is 0.808. The number of halogens is 2. The van der Waals surface area contributed by atoms with Gasteiger partial charge in [-0.25, -0.2) is 18.2 Å². The smallest absolute Gasteiger partial charge is 0.354 e. The second-order valence-electron chi connectivity index (χ2n) is 2.49. The number of aromatic nitrogens is 1. The molecule has 0 unspecified atom stereocenters. The Balaban J connectivity index is 3.29. The molecule has 1 aromatic heterocycles. The summed E-state index contributed by atoms with van der Waals surface area (Å²) in [6.45, 7) is 0. The van der Waals surface area contributed by atoms with Gasteiger partial charge in [-0.15, -0.1) is 0 Å². The SMILES string of the molecule is O=C(O)c1cc(S(=O)(=O)C(F)F)ccn1. The predicted octanol–water partition coefficient (Wildman–Crippen LogP) is 0.776. The van der Waals surface area contributed by atoms with Crippen LogP contribution in [-0.4, -0.2) is 30.2 Å². The molecule has 1 aromatic rings. The molecule has 8 heteroatoms. The first-order valence-corrected chi connectivity index (χ1v) is 5.11. The van der Waals surface area contributed by atoms with Gasteiger partial charge in [-0.1, -0.05) is 0 Å². The van der Waals surface area contributed by atoms with Gasteiger partial charge < -0.3 is 5.11 Å². The Hall–Kier alpha value is -1.57. The molecule has 0 radical (unpaired) electrons. The van der Waals surface area contributed by atoms with E-state index in [-0.39, 0.29) is 0 Å². The highest BCUT2D eigenvalue weighted by Gasteiger charge is 2.27. The van der Waals surface area contributed by atoms with E-state index in [2.05, 4.69) is 4.98 Å². The molecule has 0 fully saturated rings. The predicted molar refractivity (Wildman–Crippen MR) is 44.4 cm³/mol. The number of hydrogen-bond donors (Lipinski definition) is 1. The Kier molecular flexibility index (Phi) is 2.98. The average molecular weight is 237 g/mol. The van der Waals surface area contributed by atoms with E-state index in [1.165, 1.54) is 0 Å². The second-order valence-corrected chi connectivity index (χ2v) is 4.41. The van der Waals surface area contributed by atoms with Crippen molar-refractivity contribution in [3.63, 3.8) is 0 Å². The van der Waals surface area contributed by atoms with Crippen molar-refractivity contribution in [1.82, 2.24) is 4.98 Å². The van der Waals surface area contributed by atoms with Gasteiger partial charge in [0.2, 0.25) is 9.84 Å². The van der Waals surface area contributed by atoms with E-state index in [0.29, 0.717) is 6.07 Å². The standard InChI is InChI=1S/C7H5F2NO4S/c8-7(9)15(13,14)4-1-2-10-5(3-4)6(11)12/h1-3,7H,(H,11,12). The minimum Gasteiger partial charge on any atom is -0.477 e. The molecule has 1 N–H and O–H groups in total. The van der Waals surface area contributed by atoms with Crippen molar-refractivity contribution < 1.29 is 27.1 Å². The topological polar surface area (TPSA) is 84.3 Å². The van der Waals surface area contributed by atoms with Crippen molar-refractivity contribution in [3.8, 4) is 0 Å². The zero-order valence-corrected chi connectivity index (χ0v) is 7.91. The lowest BCUT2D eigenvalue weighted by Gasteiger charge is -2.02. The summed E-state index contributed by atoms with van der Waals surface area (Å²) in [6.07, 6.45) is 0.846. The summed E-state index contributed by atoms with van der Waals surface area (Å²) in [5.74, 6) is -5.07. The monoisotopic (exact) mass is 237 g/mol. The van der Waals surface area contributed by atoms with Crippen LogP contribution in [0.3, 0.4) is 0 Å². The minimum absolute atomic E-state index is 0.587. The van der Waals surface area contributed by atoms with E-state index in [9.17, 15) is 22.0 Å². The molecule has 0 aliphatic rings. The highest BCUT2D eigenvalue weighted by molar-refractivity contribution is 7.91. The van der Waals surface area contributed by atoms with Crippen LogP contribution in [-0.2, 0) is 9.84 Å². The number of nitrogens with zero attached hydrogens (tertiary/aromatic N) is 1. The number of alkyl halides is 2. The molecule has 5 nitrogen and oxygen atoms in total. The fourth-order valence-corrected chi connectivity index (χ4v) is 1.54. The number of pyridine rings is 1. The summed E-state index contributed by atoms with van der Waals surface area (Å²) in [5, 5.41) is 8.47. The molecule has 1 heterocycles. The first kappa shape index (κ1) is 11.5. The van der Waals surface area contributed by atoms with E-state index < -0.39 is 32.2 Å². The van der Waals surface area contributed by atoms with Gasteiger partial charge in [-0.2, -0.15) is 8.78 Å². The number of carboxylic acid groups (broad SMARTS) is 1. The third-order valence-electron chi connectivity index (χ3n) is 1.51. The fraction of sp³-hybridized carbons (Fsp3) is 0.143. The molecule has 0 saturated carbocycles. The molecular formula is C7H5F2NO4S. The van der Waals surface area contributed by atoms with Crippen LogP contribution >= 0.6 is 0 Å². The van der Waals surface area contributed by atoms with E-state index in [1.54, 1.807) is 0 Å². The van der Waals surface area contributed by atoms with E-state index in [0.717, 1.165) is 12.3 Å². The Morgan fingerprint density at radius 1 is 1.47 bits per heavy atom. The number of rotatable bonds is 3. The van der Waals surface area contributed by atoms with Crippen LogP contribution in [0.1, 0.15) is 10.5 Å². The lowest BCUT2D eigenvalue weighted by atomic mass is 10.4. The summed E-state index contributed by atoms with van der Waals surface area (Å²) >= 11 is 0. The van der Waals surface area contributed by atoms with Crippen molar-refractivity contribution in [3.05, 3.63) is 24.0 Å². The zero-order valence-electron chi connectivity index (χ0n) is 7.09. The summed E-state index contributed by atoms with van der Waals surface area (Å²) in [7, 11) is -4.77. The van der Waals surface area contributed by atoms with E-state index in [1.807, 2.05) is 0 Å². The molecule has 15 heavy (non-hydrogen) atoms.